The van der Waals surface area contributed by atoms with Crippen LogP contribution in [-0.2, 0) is 11.3 Å². The second-order valence-electron chi connectivity index (χ2n) is 5.02. The largest absolute Gasteiger partial charge is 0.493 e. The highest BCUT2D eigenvalue weighted by Gasteiger charge is 2.20. The van der Waals surface area contributed by atoms with Gasteiger partial charge >= 0.3 is 5.97 Å². The minimum atomic E-state index is -0.924. The third-order valence-electron chi connectivity index (χ3n) is 3.38. The first-order valence-electron chi connectivity index (χ1n) is 7.17. The lowest BCUT2D eigenvalue weighted by Gasteiger charge is -2.10. The molecule has 0 spiro atoms. The molecule has 10 nitrogen and oxygen atoms in total. The molecule has 0 unspecified atom stereocenters. The van der Waals surface area contributed by atoms with Crippen molar-refractivity contribution in [3.63, 3.8) is 0 Å². The molecule has 0 bridgehead atoms. The van der Waals surface area contributed by atoms with Gasteiger partial charge in [-0.3, -0.25) is 20.2 Å². The van der Waals surface area contributed by atoms with Crippen LogP contribution in [0.4, 0.5) is 11.4 Å². The van der Waals surface area contributed by atoms with Crippen molar-refractivity contribution in [3.8, 4) is 11.5 Å². The van der Waals surface area contributed by atoms with Gasteiger partial charge in [-0.25, -0.2) is 4.79 Å². The van der Waals surface area contributed by atoms with E-state index >= 15 is 0 Å². The summed E-state index contributed by atoms with van der Waals surface area (Å²) in [6.45, 7) is -0.157. The van der Waals surface area contributed by atoms with E-state index in [4.69, 9.17) is 14.2 Å². The quantitative estimate of drug-likeness (QED) is 0.417. The van der Waals surface area contributed by atoms with Crippen molar-refractivity contribution in [1.82, 2.24) is 0 Å². The molecule has 0 aliphatic rings. The number of rotatable bonds is 7. The van der Waals surface area contributed by atoms with Gasteiger partial charge in [-0.1, -0.05) is 6.07 Å². The fourth-order valence-corrected chi connectivity index (χ4v) is 2.13. The van der Waals surface area contributed by atoms with Gasteiger partial charge in [0.05, 0.1) is 35.7 Å². The number of nitro benzene ring substituents is 2. The molecule has 136 valence electrons. The Hall–Kier alpha value is -3.69. The van der Waals surface area contributed by atoms with E-state index in [1.54, 1.807) is 18.2 Å². The molecule has 0 aliphatic carbocycles. The third-order valence-corrected chi connectivity index (χ3v) is 3.38. The highest BCUT2D eigenvalue weighted by atomic mass is 16.6. The minimum absolute atomic E-state index is 0.157. The van der Waals surface area contributed by atoms with E-state index in [0.717, 1.165) is 18.2 Å². The van der Waals surface area contributed by atoms with Crippen LogP contribution >= 0.6 is 0 Å². The van der Waals surface area contributed by atoms with E-state index in [1.807, 2.05) is 0 Å². The Morgan fingerprint density at radius 1 is 0.923 bits per heavy atom. The second-order valence-corrected chi connectivity index (χ2v) is 5.02. The summed E-state index contributed by atoms with van der Waals surface area (Å²) in [6.07, 6.45) is 0. The van der Waals surface area contributed by atoms with E-state index in [0.29, 0.717) is 17.1 Å². The summed E-state index contributed by atoms with van der Waals surface area (Å²) in [4.78, 5) is 32.2. The smallest absolute Gasteiger partial charge is 0.338 e. The third kappa shape index (κ3) is 4.23. The topological polar surface area (TPSA) is 131 Å². The van der Waals surface area contributed by atoms with Gasteiger partial charge in [-0.15, -0.1) is 0 Å². The Morgan fingerprint density at radius 2 is 1.50 bits per heavy atom. The SMILES string of the molecule is COc1ccc(COC(=O)c2cc([N+](=O)[O-])cc([N+](=O)[O-])c2)cc1OC. The molecule has 0 aromatic heterocycles. The number of carbonyl (C=O) groups is 1. The van der Waals surface area contributed by atoms with Crippen molar-refractivity contribution in [2.45, 2.75) is 6.61 Å². The van der Waals surface area contributed by atoms with E-state index in [2.05, 4.69) is 0 Å². The lowest BCUT2D eigenvalue weighted by atomic mass is 10.1. The maximum Gasteiger partial charge on any atom is 0.338 e. The zero-order chi connectivity index (χ0) is 19.3. The summed E-state index contributed by atoms with van der Waals surface area (Å²) < 4.78 is 15.3. The summed E-state index contributed by atoms with van der Waals surface area (Å²) >= 11 is 0. The highest BCUT2D eigenvalue weighted by molar-refractivity contribution is 5.91. The minimum Gasteiger partial charge on any atom is -0.493 e. The molecule has 0 saturated heterocycles. The van der Waals surface area contributed by atoms with E-state index in [-0.39, 0.29) is 12.2 Å². The molecule has 2 aromatic carbocycles. The van der Waals surface area contributed by atoms with Crippen LogP contribution in [0.15, 0.2) is 36.4 Å². The molecule has 0 atom stereocenters. The number of ether oxygens (including phenoxy) is 3. The first kappa shape index (κ1) is 18.6. The first-order valence-corrected chi connectivity index (χ1v) is 7.17. The second kappa shape index (κ2) is 7.92. The van der Waals surface area contributed by atoms with Gasteiger partial charge in [-0.05, 0) is 17.7 Å². The number of esters is 1. The number of benzene rings is 2. The number of non-ortho nitro benzene ring substituents is 2. The highest BCUT2D eigenvalue weighted by Crippen LogP contribution is 2.28. The molecule has 0 fully saturated rings. The Kier molecular flexibility index (Phi) is 5.68. The van der Waals surface area contributed by atoms with Gasteiger partial charge in [0.15, 0.2) is 11.5 Å². The molecular formula is C16H14N2O8. The molecule has 0 saturated carbocycles. The summed E-state index contributed by atoms with van der Waals surface area (Å²) in [5, 5.41) is 21.7. The summed E-state index contributed by atoms with van der Waals surface area (Å²) in [5.74, 6) is 0.00973. The zero-order valence-corrected chi connectivity index (χ0v) is 13.8. The van der Waals surface area contributed by atoms with Crippen molar-refractivity contribution in [3.05, 3.63) is 67.8 Å². The van der Waals surface area contributed by atoms with E-state index < -0.39 is 27.2 Å². The van der Waals surface area contributed by atoms with Gasteiger partial charge in [0.2, 0.25) is 0 Å². The number of nitro groups is 2. The monoisotopic (exact) mass is 362 g/mol. The Morgan fingerprint density at radius 3 is 2.00 bits per heavy atom. The summed E-state index contributed by atoms with van der Waals surface area (Å²) in [5.41, 5.74) is -0.850. The molecule has 2 rings (SSSR count). The van der Waals surface area contributed by atoms with Crippen molar-refractivity contribution in [2.24, 2.45) is 0 Å². The van der Waals surface area contributed by atoms with Crippen LogP contribution in [0.5, 0.6) is 11.5 Å². The summed E-state index contributed by atoms with van der Waals surface area (Å²) in [6, 6.07) is 7.48. The Balaban J connectivity index is 2.20. The van der Waals surface area contributed by atoms with Crippen molar-refractivity contribution in [1.29, 1.82) is 0 Å². The fraction of sp³-hybridized carbons (Fsp3) is 0.188. The normalized spacial score (nSPS) is 10.1. The van der Waals surface area contributed by atoms with E-state index in [9.17, 15) is 25.0 Å². The van der Waals surface area contributed by atoms with Crippen LogP contribution in [0.1, 0.15) is 15.9 Å². The maximum atomic E-state index is 12.1. The average molecular weight is 362 g/mol. The van der Waals surface area contributed by atoms with Crippen LogP contribution in [0.25, 0.3) is 0 Å². The molecule has 0 radical (unpaired) electrons. The average Bonchev–Trinajstić information content (AvgIpc) is 2.65. The number of carbonyl (C=O) groups excluding carboxylic acids is 1. The zero-order valence-electron chi connectivity index (χ0n) is 13.8. The van der Waals surface area contributed by atoms with Crippen LogP contribution in [-0.4, -0.2) is 30.0 Å². The van der Waals surface area contributed by atoms with E-state index in [1.165, 1.54) is 14.2 Å². The van der Waals surface area contributed by atoms with Crippen molar-refractivity contribution < 1.29 is 28.9 Å². The standard InChI is InChI=1S/C16H14N2O8/c1-24-14-4-3-10(5-15(14)25-2)9-26-16(19)11-6-12(17(20)21)8-13(7-11)18(22)23/h3-8H,9H2,1-2H3. The Bertz CT molecular complexity index is 833. The number of hydrogen-bond donors (Lipinski definition) is 0. The first-order chi connectivity index (χ1) is 12.3. The molecule has 0 heterocycles. The predicted molar refractivity (Wildman–Crippen MR) is 88.4 cm³/mol. The molecule has 26 heavy (non-hydrogen) atoms. The molecule has 0 amide bonds. The molecule has 0 aliphatic heterocycles. The maximum absolute atomic E-state index is 12.1. The predicted octanol–water partition coefficient (Wildman–Crippen LogP) is 2.88. The van der Waals surface area contributed by atoms with Gasteiger partial charge in [-0.2, -0.15) is 0 Å². The van der Waals surface area contributed by atoms with Crippen LogP contribution in [0.2, 0.25) is 0 Å². The Labute approximate surface area is 147 Å². The molecule has 0 N–H and O–H groups in total. The van der Waals surface area contributed by atoms with Crippen LogP contribution in [0, 0.1) is 20.2 Å². The van der Waals surface area contributed by atoms with Gasteiger partial charge in [0.25, 0.3) is 11.4 Å². The molecule has 2 aromatic rings. The van der Waals surface area contributed by atoms with Crippen LogP contribution < -0.4 is 9.47 Å². The van der Waals surface area contributed by atoms with Crippen molar-refractivity contribution in [2.75, 3.05) is 14.2 Å². The molecule has 10 heteroatoms. The number of methoxy groups -OCH3 is 2. The van der Waals surface area contributed by atoms with Gasteiger partial charge in [0.1, 0.15) is 6.61 Å². The lowest BCUT2D eigenvalue weighted by molar-refractivity contribution is -0.394. The van der Waals surface area contributed by atoms with Crippen molar-refractivity contribution >= 4 is 17.3 Å². The number of nitrogens with zero attached hydrogens (tertiary/aromatic N) is 2. The fourth-order valence-electron chi connectivity index (χ4n) is 2.13. The van der Waals surface area contributed by atoms with Gasteiger partial charge in [0, 0.05) is 12.1 Å². The number of hydrogen-bond acceptors (Lipinski definition) is 8. The molecular weight excluding hydrogens is 348 g/mol. The lowest BCUT2D eigenvalue weighted by Crippen LogP contribution is -2.07. The van der Waals surface area contributed by atoms with Gasteiger partial charge < -0.3 is 14.2 Å². The van der Waals surface area contributed by atoms with Crippen LogP contribution in [0.3, 0.4) is 0 Å². The summed E-state index contributed by atoms with van der Waals surface area (Å²) in [7, 11) is 2.93.